The summed E-state index contributed by atoms with van der Waals surface area (Å²) in [6.45, 7) is 0.00713. The number of benzene rings is 10. The molecule has 0 unspecified atom stereocenters. The fraction of sp³-hybridized carbons (Fsp3) is 0.0164. The molecule has 0 N–H and O–H groups in total. The Balaban J connectivity index is 1.20. The van der Waals surface area contributed by atoms with Crippen LogP contribution in [0.25, 0.3) is 99.5 Å². The highest BCUT2D eigenvalue weighted by Crippen LogP contribution is 2.62. The number of fused-ring (bicyclic) bond motifs is 14. The number of para-hydroxylation sites is 4. The lowest BCUT2D eigenvalue weighted by molar-refractivity contribution is 0.749. The molecule has 0 bridgehead atoms. The molecule has 64 heavy (non-hydrogen) atoms. The molecule has 12 aromatic rings. The van der Waals surface area contributed by atoms with E-state index in [1.165, 1.54) is 138 Å². The molecule has 0 saturated heterocycles. The van der Waals surface area contributed by atoms with E-state index in [-0.39, 0.29) is 6.71 Å². The quantitative estimate of drug-likeness (QED) is 0.157. The van der Waals surface area contributed by atoms with E-state index >= 15 is 0 Å². The van der Waals surface area contributed by atoms with Gasteiger partial charge in [0.05, 0.1) is 22.1 Å². The molecule has 2 aromatic heterocycles. The second kappa shape index (κ2) is 11.7. The van der Waals surface area contributed by atoms with Gasteiger partial charge in [-0.1, -0.05) is 194 Å². The minimum atomic E-state index is -0.576. The zero-order chi connectivity index (χ0) is 41.4. The molecular weight excluding hydrogens is 771 g/mol. The summed E-state index contributed by atoms with van der Waals surface area (Å²) in [6.07, 6.45) is 0. The van der Waals surface area contributed by atoms with Crippen molar-refractivity contribution >= 4 is 66.7 Å². The first kappa shape index (κ1) is 33.5. The first-order chi connectivity index (χ1) is 31.8. The lowest BCUT2D eigenvalue weighted by Crippen LogP contribution is -2.60. The molecule has 0 radical (unpaired) electrons. The van der Waals surface area contributed by atoms with Gasteiger partial charge < -0.3 is 9.13 Å². The highest BCUT2D eigenvalue weighted by Gasteiger charge is 2.54. The smallest absolute Gasteiger partial charge is 0.252 e. The third-order valence-electron chi connectivity index (χ3n) is 15.5. The Hall–Kier alpha value is -8.14. The number of hydrogen-bond donors (Lipinski definition) is 0. The molecule has 0 saturated carbocycles. The van der Waals surface area contributed by atoms with Crippen molar-refractivity contribution in [3.05, 3.63) is 235 Å². The van der Waals surface area contributed by atoms with Crippen LogP contribution in [0, 0.1) is 0 Å². The van der Waals surface area contributed by atoms with Crippen LogP contribution in [0.2, 0.25) is 0 Å². The second-order valence-electron chi connectivity index (χ2n) is 18.2. The Bertz CT molecular complexity index is 4030. The van der Waals surface area contributed by atoms with Crippen LogP contribution in [0.4, 0.5) is 0 Å². The average molecular weight is 807 g/mol. The zero-order valence-electron chi connectivity index (χ0n) is 34.7. The lowest BCUT2D eigenvalue weighted by Gasteiger charge is -2.44. The predicted molar refractivity (Wildman–Crippen MR) is 267 cm³/mol. The molecule has 16 rings (SSSR count). The van der Waals surface area contributed by atoms with Crippen LogP contribution in [0.3, 0.4) is 0 Å². The van der Waals surface area contributed by atoms with Crippen LogP contribution in [0.15, 0.2) is 212 Å². The first-order valence-electron chi connectivity index (χ1n) is 22.6. The monoisotopic (exact) mass is 806 g/mol. The van der Waals surface area contributed by atoms with Crippen molar-refractivity contribution < 1.29 is 0 Å². The van der Waals surface area contributed by atoms with Crippen LogP contribution in [0.1, 0.15) is 22.3 Å². The number of rotatable bonds is 3. The molecule has 3 aliphatic heterocycles. The Morgan fingerprint density at radius 1 is 0.312 bits per heavy atom. The Morgan fingerprint density at radius 2 is 0.875 bits per heavy atom. The molecule has 3 heteroatoms. The van der Waals surface area contributed by atoms with Crippen LogP contribution in [-0.2, 0) is 5.41 Å². The molecule has 0 amide bonds. The van der Waals surface area contributed by atoms with Crippen molar-refractivity contribution in [1.29, 1.82) is 0 Å². The van der Waals surface area contributed by atoms with E-state index in [4.69, 9.17) is 0 Å². The standard InChI is InChI=1S/C61H35BN2/c1-3-16-36(17-4-1)38-32-33-39(37-18-5-2-6-19-37)46(34-38)47-35-51-60-55-59(47)63-54-31-12-9-22-42(54)43-24-14-29-52(57(43)63)62(55)53-30-15-25-45-44-23-13-28-50(56(44)64(60)58(45)53)61(51)48-26-10-7-20-40(48)41-21-8-11-27-49(41)61/h1-35H. The third-order valence-corrected chi connectivity index (χ3v) is 15.5. The van der Waals surface area contributed by atoms with Crippen LogP contribution in [-0.4, -0.2) is 15.8 Å². The van der Waals surface area contributed by atoms with Crippen LogP contribution >= 0.6 is 0 Å². The normalized spacial score (nSPS) is 14.0. The van der Waals surface area contributed by atoms with Gasteiger partial charge in [-0.3, -0.25) is 0 Å². The summed E-state index contributed by atoms with van der Waals surface area (Å²) < 4.78 is 5.38. The summed E-state index contributed by atoms with van der Waals surface area (Å²) in [6, 6.07) is 80.8. The van der Waals surface area contributed by atoms with E-state index in [2.05, 4.69) is 221 Å². The summed E-state index contributed by atoms with van der Waals surface area (Å²) in [5, 5.41) is 5.24. The van der Waals surface area contributed by atoms with Gasteiger partial charge in [0.25, 0.3) is 6.71 Å². The number of hydrogen-bond acceptors (Lipinski definition) is 0. The van der Waals surface area contributed by atoms with Crippen molar-refractivity contribution in [3.8, 4) is 55.9 Å². The van der Waals surface area contributed by atoms with Crippen LogP contribution in [0.5, 0.6) is 0 Å². The highest BCUT2D eigenvalue weighted by molar-refractivity contribution is 7.00. The maximum atomic E-state index is 2.72. The minimum Gasteiger partial charge on any atom is -0.310 e. The van der Waals surface area contributed by atoms with Gasteiger partial charge >= 0.3 is 0 Å². The fourth-order valence-electron chi connectivity index (χ4n) is 13.2. The maximum Gasteiger partial charge on any atom is 0.252 e. The molecule has 292 valence electrons. The van der Waals surface area contributed by atoms with Gasteiger partial charge in [-0.25, -0.2) is 0 Å². The maximum absolute atomic E-state index is 2.72. The third kappa shape index (κ3) is 3.77. The summed E-state index contributed by atoms with van der Waals surface area (Å²) in [7, 11) is 0. The largest absolute Gasteiger partial charge is 0.310 e. The van der Waals surface area contributed by atoms with Gasteiger partial charge in [0.2, 0.25) is 0 Å². The first-order valence-corrected chi connectivity index (χ1v) is 22.6. The summed E-state index contributed by atoms with van der Waals surface area (Å²) >= 11 is 0. The number of nitrogens with zero attached hydrogens (tertiary/aromatic N) is 2. The van der Waals surface area contributed by atoms with Crippen molar-refractivity contribution in [2.75, 3.05) is 0 Å². The Morgan fingerprint density at radius 3 is 1.61 bits per heavy atom. The summed E-state index contributed by atoms with van der Waals surface area (Å²) in [5.41, 5.74) is 26.8. The van der Waals surface area contributed by atoms with Gasteiger partial charge in [0.15, 0.2) is 0 Å². The van der Waals surface area contributed by atoms with E-state index in [1.807, 2.05) is 0 Å². The van der Waals surface area contributed by atoms with E-state index in [9.17, 15) is 0 Å². The Kier molecular flexibility index (Phi) is 6.10. The molecular formula is C61H35BN2. The SMILES string of the molecule is c1ccc(-c2ccc(-c3ccccc3)c(-c3cc4c5c6c3-n3c7ccccc7c7cccc(c73)B6c3cccc6c7cccc(c7n-5c36)C43c4ccccc4-c4ccccc43)c2)cc1. The molecule has 1 spiro atoms. The van der Waals surface area contributed by atoms with Crippen molar-refractivity contribution in [3.63, 3.8) is 0 Å². The molecule has 5 heterocycles. The topological polar surface area (TPSA) is 9.86 Å². The van der Waals surface area contributed by atoms with Gasteiger partial charge in [0.1, 0.15) is 0 Å². The van der Waals surface area contributed by atoms with Crippen molar-refractivity contribution in [1.82, 2.24) is 9.13 Å². The van der Waals surface area contributed by atoms with Gasteiger partial charge in [0, 0.05) is 43.8 Å². The molecule has 0 atom stereocenters. The lowest BCUT2D eigenvalue weighted by atomic mass is 9.33. The molecule has 0 fully saturated rings. The molecule has 1 aliphatic carbocycles. The van der Waals surface area contributed by atoms with Crippen LogP contribution < -0.4 is 16.4 Å². The summed E-state index contributed by atoms with van der Waals surface area (Å²) in [5.74, 6) is 0. The van der Waals surface area contributed by atoms with E-state index in [0.717, 1.165) is 0 Å². The average Bonchev–Trinajstić information content (AvgIpc) is 3.99. The fourth-order valence-corrected chi connectivity index (χ4v) is 13.2. The molecule has 10 aromatic carbocycles. The predicted octanol–water partition coefficient (Wildman–Crippen LogP) is 12.7. The molecule has 4 aliphatic rings. The molecule has 2 nitrogen and oxygen atoms in total. The van der Waals surface area contributed by atoms with Crippen molar-refractivity contribution in [2.24, 2.45) is 0 Å². The van der Waals surface area contributed by atoms with Crippen molar-refractivity contribution in [2.45, 2.75) is 5.41 Å². The van der Waals surface area contributed by atoms with Gasteiger partial charge in [-0.05, 0) is 95.8 Å². The summed E-state index contributed by atoms with van der Waals surface area (Å²) in [4.78, 5) is 0. The van der Waals surface area contributed by atoms with E-state index < -0.39 is 5.41 Å². The Labute approximate surface area is 370 Å². The van der Waals surface area contributed by atoms with Gasteiger partial charge in [-0.15, -0.1) is 0 Å². The number of aromatic nitrogens is 2. The highest BCUT2D eigenvalue weighted by atomic mass is 15.1. The van der Waals surface area contributed by atoms with E-state index in [1.54, 1.807) is 0 Å². The minimum absolute atomic E-state index is 0.00713. The van der Waals surface area contributed by atoms with E-state index in [0.29, 0.717) is 0 Å². The second-order valence-corrected chi connectivity index (χ2v) is 18.2. The van der Waals surface area contributed by atoms with Gasteiger partial charge in [-0.2, -0.15) is 0 Å². The zero-order valence-corrected chi connectivity index (χ0v) is 34.7.